The summed E-state index contributed by atoms with van der Waals surface area (Å²) < 4.78 is 56.6. The fourth-order valence-electron chi connectivity index (χ4n) is 2.49. The van der Waals surface area contributed by atoms with Gasteiger partial charge in [0.2, 0.25) is 5.79 Å². The Morgan fingerprint density at radius 3 is 2.32 bits per heavy atom. The molecule has 1 aliphatic heterocycles. The molecule has 0 aromatic carbocycles. The number of aliphatic hydroxyl groups excluding tert-OH is 1. The molecule has 1 aromatic rings. The van der Waals surface area contributed by atoms with Crippen LogP contribution in [-0.4, -0.2) is 65.9 Å². The number of rotatable bonds is 9. The number of aromatic amines is 1. The summed E-state index contributed by atoms with van der Waals surface area (Å²) in [4.78, 5) is 60.7. The number of aliphatic hydroxyl groups is 1. The molecule has 6 atom stereocenters. The highest BCUT2D eigenvalue weighted by atomic mass is 31.3. The normalized spacial score (nSPS) is 30.6. The van der Waals surface area contributed by atoms with Crippen LogP contribution in [0.5, 0.6) is 0 Å². The molecule has 2 unspecified atom stereocenters. The highest BCUT2D eigenvalue weighted by Gasteiger charge is 2.56. The minimum Gasteiger partial charge on any atom is -0.387 e. The molecule has 0 aliphatic carbocycles. The van der Waals surface area contributed by atoms with E-state index in [1.807, 2.05) is 4.98 Å². The molecular weight excluding hydrogens is 495 g/mol. The molecule has 0 radical (unpaired) electrons. The second-order valence-corrected chi connectivity index (χ2v) is 10.3. The first-order valence-corrected chi connectivity index (χ1v) is 12.3. The number of hydrogen-bond donors (Lipinski definition) is 7. The molecule has 2 heterocycles. The monoisotopic (exact) mass is 513 g/mol. The molecular formula is C10H18N3O15P3. The average molecular weight is 513 g/mol. The van der Waals surface area contributed by atoms with Gasteiger partial charge in [0.1, 0.15) is 12.7 Å². The summed E-state index contributed by atoms with van der Waals surface area (Å²) in [6.07, 6.45) is -2.28. The van der Waals surface area contributed by atoms with Crippen molar-refractivity contribution in [3.63, 3.8) is 0 Å². The quantitative estimate of drug-likeness (QED) is 0.167. The van der Waals surface area contributed by atoms with E-state index in [9.17, 15) is 33.3 Å². The smallest absolute Gasteiger partial charge is 0.387 e. The Kier molecular flexibility index (Phi) is 7.65. The SMILES string of the molecule is CO[C@]1(COP(=O)(O)OP(=O)(O)OP(=O)(O)O)O[C@@H](n2ccc(=O)[nH]c2=O)[C@H](O)[C@@H]1N. The minimum absolute atomic E-state index is 0.734. The maximum Gasteiger partial charge on any atom is 0.490 e. The van der Waals surface area contributed by atoms with Gasteiger partial charge >= 0.3 is 29.2 Å². The lowest BCUT2D eigenvalue weighted by molar-refractivity contribution is -0.246. The van der Waals surface area contributed by atoms with Gasteiger partial charge in [-0.15, -0.1) is 0 Å². The number of H-pyrrole nitrogens is 1. The van der Waals surface area contributed by atoms with E-state index >= 15 is 0 Å². The van der Waals surface area contributed by atoms with Gasteiger partial charge in [-0.2, -0.15) is 8.62 Å². The van der Waals surface area contributed by atoms with Crippen LogP contribution in [0.1, 0.15) is 6.23 Å². The molecule has 18 nitrogen and oxygen atoms in total. The van der Waals surface area contributed by atoms with Crippen LogP contribution in [0.25, 0.3) is 0 Å². The zero-order chi connectivity index (χ0) is 23.8. The number of aromatic nitrogens is 2. The molecule has 2 rings (SSSR count). The molecule has 1 saturated heterocycles. The van der Waals surface area contributed by atoms with Crippen molar-refractivity contribution in [2.75, 3.05) is 13.7 Å². The number of phosphoric ester groups is 1. The predicted octanol–water partition coefficient (Wildman–Crippen LogP) is -2.56. The molecule has 21 heteroatoms. The Balaban J connectivity index is 2.21. The zero-order valence-electron chi connectivity index (χ0n) is 15.3. The number of phosphoric acid groups is 3. The van der Waals surface area contributed by atoms with Crippen LogP contribution in [0.15, 0.2) is 21.9 Å². The summed E-state index contributed by atoms with van der Waals surface area (Å²) in [5.41, 5.74) is 4.06. The summed E-state index contributed by atoms with van der Waals surface area (Å²) in [6.45, 7) is -1.15. The second kappa shape index (κ2) is 9.05. The largest absolute Gasteiger partial charge is 0.490 e. The Labute approximate surface area is 171 Å². The Hall–Kier alpha value is -1.07. The van der Waals surface area contributed by atoms with E-state index in [2.05, 4.69) is 13.1 Å². The third-order valence-corrected chi connectivity index (χ3v) is 7.59. The van der Waals surface area contributed by atoms with Gasteiger partial charge in [0.05, 0.1) is 6.04 Å². The van der Waals surface area contributed by atoms with E-state index in [1.165, 1.54) is 0 Å². The summed E-state index contributed by atoms with van der Waals surface area (Å²) in [5.74, 6) is -2.23. The van der Waals surface area contributed by atoms with Crippen LogP contribution < -0.4 is 17.0 Å². The van der Waals surface area contributed by atoms with Crippen LogP contribution in [0, 0.1) is 0 Å². The van der Waals surface area contributed by atoms with Gasteiger partial charge < -0.3 is 39.9 Å². The molecule has 1 aromatic heterocycles. The Morgan fingerprint density at radius 1 is 1.19 bits per heavy atom. The number of methoxy groups -OCH3 is 1. The zero-order valence-corrected chi connectivity index (χ0v) is 18.0. The lowest BCUT2D eigenvalue weighted by Gasteiger charge is -2.31. The second-order valence-electron chi connectivity index (χ2n) is 5.92. The molecule has 0 bridgehead atoms. The Morgan fingerprint density at radius 2 is 1.81 bits per heavy atom. The third-order valence-electron chi connectivity index (χ3n) is 3.80. The van der Waals surface area contributed by atoms with Crippen LogP contribution in [0.2, 0.25) is 0 Å². The number of nitrogens with one attached hydrogen (secondary N) is 1. The highest BCUT2D eigenvalue weighted by Crippen LogP contribution is 2.66. The van der Waals surface area contributed by atoms with E-state index in [0.717, 1.165) is 23.9 Å². The molecule has 0 amide bonds. The summed E-state index contributed by atoms with van der Waals surface area (Å²) >= 11 is 0. The van der Waals surface area contributed by atoms with Crippen molar-refractivity contribution in [2.24, 2.45) is 5.73 Å². The van der Waals surface area contributed by atoms with Crippen LogP contribution in [0.4, 0.5) is 0 Å². The highest BCUT2D eigenvalue weighted by molar-refractivity contribution is 7.66. The fourth-order valence-corrected chi connectivity index (χ4v) is 5.53. The van der Waals surface area contributed by atoms with Crippen molar-refractivity contribution in [1.29, 1.82) is 0 Å². The first-order chi connectivity index (χ1) is 14.0. The van der Waals surface area contributed by atoms with E-state index in [1.54, 1.807) is 0 Å². The van der Waals surface area contributed by atoms with Crippen molar-refractivity contribution in [3.8, 4) is 0 Å². The van der Waals surface area contributed by atoms with E-state index in [4.69, 9.17) is 29.9 Å². The van der Waals surface area contributed by atoms with Gasteiger partial charge in [-0.1, -0.05) is 0 Å². The molecule has 178 valence electrons. The lowest BCUT2D eigenvalue weighted by Crippen LogP contribution is -2.53. The van der Waals surface area contributed by atoms with Crippen LogP contribution in [-0.2, 0) is 36.3 Å². The molecule has 1 aliphatic rings. The topological polar surface area (TPSA) is 279 Å². The fraction of sp³-hybridized carbons (Fsp3) is 0.600. The van der Waals surface area contributed by atoms with Crippen molar-refractivity contribution in [1.82, 2.24) is 9.55 Å². The van der Waals surface area contributed by atoms with Crippen molar-refractivity contribution in [3.05, 3.63) is 33.1 Å². The third kappa shape index (κ3) is 6.47. The van der Waals surface area contributed by atoms with Gasteiger partial charge in [-0.3, -0.25) is 18.9 Å². The predicted molar refractivity (Wildman–Crippen MR) is 95.0 cm³/mol. The lowest BCUT2D eigenvalue weighted by atomic mass is 10.1. The maximum absolute atomic E-state index is 11.9. The first kappa shape index (κ1) is 26.2. The summed E-state index contributed by atoms with van der Waals surface area (Å²) in [6, 6.07) is -0.615. The van der Waals surface area contributed by atoms with Crippen molar-refractivity contribution < 1.29 is 61.0 Å². The van der Waals surface area contributed by atoms with Crippen LogP contribution >= 0.6 is 23.5 Å². The molecule has 8 N–H and O–H groups in total. The number of nitrogens with zero attached hydrogens (tertiary/aromatic N) is 1. The van der Waals surface area contributed by atoms with Gasteiger partial charge in [0, 0.05) is 19.4 Å². The maximum atomic E-state index is 11.9. The summed E-state index contributed by atoms with van der Waals surface area (Å²) in [7, 11) is -15.9. The number of ether oxygens (including phenoxy) is 2. The van der Waals surface area contributed by atoms with E-state index in [0.29, 0.717) is 0 Å². The molecule has 0 saturated carbocycles. The van der Waals surface area contributed by atoms with E-state index < -0.39 is 65.5 Å². The minimum atomic E-state index is -5.77. The first-order valence-electron chi connectivity index (χ1n) is 7.77. The average Bonchev–Trinajstić information content (AvgIpc) is 2.82. The van der Waals surface area contributed by atoms with Crippen molar-refractivity contribution in [2.45, 2.75) is 24.2 Å². The Bertz CT molecular complexity index is 1060. The van der Waals surface area contributed by atoms with Gasteiger partial charge in [-0.25, -0.2) is 18.5 Å². The molecule has 31 heavy (non-hydrogen) atoms. The van der Waals surface area contributed by atoms with Crippen molar-refractivity contribution >= 4 is 23.5 Å². The summed E-state index contributed by atoms with van der Waals surface area (Å²) in [5, 5.41) is 10.3. The van der Waals surface area contributed by atoms with Gasteiger partial charge in [0.15, 0.2) is 6.23 Å². The van der Waals surface area contributed by atoms with Crippen LogP contribution in [0.3, 0.4) is 0 Å². The number of hydrogen-bond acceptors (Lipinski definition) is 12. The standard InChI is InChI=1S/C10H18N3O15P3/c1-24-10(4-25-30(20,21)28-31(22,23)27-29(17,18)19)7(11)6(15)8(26-10)13-3-2-5(14)12-9(13)16/h2-3,6-8,15H,4,11H2,1H3,(H,20,21)(H,22,23)(H,12,14,16)(H2,17,18,19)/t6-,7+,8-,10-/m1/s1. The molecule has 0 spiro atoms. The van der Waals surface area contributed by atoms with Gasteiger partial charge in [-0.05, 0) is 0 Å². The van der Waals surface area contributed by atoms with Gasteiger partial charge in [0.25, 0.3) is 5.56 Å². The number of nitrogens with two attached hydrogens (primary N) is 1. The van der Waals surface area contributed by atoms with E-state index in [-0.39, 0.29) is 0 Å². The molecule has 1 fully saturated rings.